The summed E-state index contributed by atoms with van der Waals surface area (Å²) in [5, 5.41) is 5.15. The number of fused-ring (bicyclic) bond motifs is 1. The third kappa shape index (κ3) is 3.04. The molecule has 0 saturated heterocycles. The average Bonchev–Trinajstić information content (AvgIpc) is 3.07. The second kappa shape index (κ2) is 7.18. The van der Waals surface area contributed by atoms with Crippen LogP contribution in [0.3, 0.4) is 0 Å². The second-order valence-corrected chi connectivity index (χ2v) is 6.54. The van der Waals surface area contributed by atoms with Crippen molar-refractivity contribution in [2.24, 2.45) is 0 Å². The van der Waals surface area contributed by atoms with Gasteiger partial charge in [-0.05, 0) is 30.2 Å². The molecule has 0 aliphatic heterocycles. The Morgan fingerprint density at radius 3 is 2.65 bits per heavy atom. The van der Waals surface area contributed by atoms with Gasteiger partial charge in [0.1, 0.15) is 12.1 Å². The van der Waals surface area contributed by atoms with Crippen LogP contribution in [0.15, 0.2) is 67.1 Å². The van der Waals surface area contributed by atoms with Crippen molar-refractivity contribution in [1.29, 1.82) is 0 Å². The van der Waals surface area contributed by atoms with E-state index >= 15 is 0 Å². The summed E-state index contributed by atoms with van der Waals surface area (Å²) in [6.45, 7) is 3.00. The van der Waals surface area contributed by atoms with Crippen LogP contribution in [0.5, 0.6) is 0 Å². The normalized spacial score (nSPS) is 11.0. The predicted molar refractivity (Wildman–Crippen MR) is 108 cm³/mol. The molecule has 4 nitrogen and oxygen atoms in total. The Morgan fingerprint density at radius 1 is 1.04 bits per heavy atom. The van der Waals surface area contributed by atoms with Crippen molar-refractivity contribution in [3.8, 4) is 16.8 Å². The smallest absolute Gasteiger partial charge is 0.150 e. The van der Waals surface area contributed by atoms with E-state index in [1.165, 1.54) is 0 Å². The number of aromatic nitrogens is 3. The molecule has 0 unspecified atom stereocenters. The Bertz CT molecular complexity index is 1040. The summed E-state index contributed by atoms with van der Waals surface area (Å²) in [5.41, 5.74) is 4.07. The lowest BCUT2D eigenvalue weighted by Crippen LogP contribution is -2.03. The maximum absolute atomic E-state index is 6.21. The number of nitrogens with zero attached hydrogens (tertiary/aromatic N) is 3. The van der Waals surface area contributed by atoms with Crippen molar-refractivity contribution < 1.29 is 0 Å². The van der Waals surface area contributed by atoms with E-state index in [1.807, 2.05) is 42.5 Å². The SMILES string of the molecule is CCCNc1ncnc2c1c(-c1ccccc1)cn2-c1cccc(Cl)c1. The summed E-state index contributed by atoms with van der Waals surface area (Å²) in [5.74, 6) is 0.858. The first-order valence-corrected chi connectivity index (χ1v) is 9.07. The van der Waals surface area contributed by atoms with Crippen LogP contribution < -0.4 is 5.32 Å². The van der Waals surface area contributed by atoms with E-state index < -0.39 is 0 Å². The van der Waals surface area contributed by atoms with Crippen molar-refractivity contribution in [3.63, 3.8) is 0 Å². The summed E-state index contributed by atoms with van der Waals surface area (Å²) in [6.07, 6.45) is 4.74. The number of hydrogen-bond acceptors (Lipinski definition) is 3. The Balaban J connectivity index is 2.00. The van der Waals surface area contributed by atoms with Gasteiger partial charge in [0.2, 0.25) is 0 Å². The first-order chi connectivity index (χ1) is 12.8. The van der Waals surface area contributed by atoms with Crippen molar-refractivity contribution in [3.05, 3.63) is 72.1 Å². The van der Waals surface area contributed by atoms with E-state index in [4.69, 9.17) is 11.6 Å². The molecule has 0 aliphatic rings. The molecule has 2 aromatic carbocycles. The zero-order valence-electron chi connectivity index (χ0n) is 14.5. The third-order valence-electron chi connectivity index (χ3n) is 4.30. The minimum Gasteiger partial charge on any atom is -0.369 e. The number of anilines is 1. The van der Waals surface area contributed by atoms with E-state index in [0.29, 0.717) is 5.02 Å². The van der Waals surface area contributed by atoms with Gasteiger partial charge in [-0.15, -0.1) is 0 Å². The monoisotopic (exact) mass is 362 g/mol. The van der Waals surface area contributed by atoms with E-state index in [0.717, 1.165) is 46.6 Å². The lowest BCUT2D eigenvalue weighted by atomic mass is 10.1. The first-order valence-electron chi connectivity index (χ1n) is 8.69. The summed E-state index contributed by atoms with van der Waals surface area (Å²) in [4.78, 5) is 9.06. The van der Waals surface area contributed by atoms with Gasteiger partial charge in [-0.2, -0.15) is 0 Å². The molecule has 5 heteroatoms. The Kier molecular flexibility index (Phi) is 4.59. The molecule has 0 bridgehead atoms. The van der Waals surface area contributed by atoms with Crippen molar-refractivity contribution >= 4 is 28.5 Å². The first kappa shape index (κ1) is 16.6. The molecule has 0 saturated carbocycles. The van der Waals surface area contributed by atoms with Gasteiger partial charge in [0.15, 0.2) is 5.65 Å². The highest BCUT2D eigenvalue weighted by Gasteiger charge is 2.17. The highest BCUT2D eigenvalue weighted by Crippen LogP contribution is 2.35. The van der Waals surface area contributed by atoms with Crippen LogP contribution in [0.4, 0.5) is 5.82 Å². The van der Waals surface area contributed by atoms with Crippen LogP contribution in [0.25, 0.3) is 27.8 Å². The fraction of sp³-hybridized carbons (Fsp3) is 0.143. The maximum atomic E-state index is 6.21. The lowest BCUT2D eigenvalue weighted by Gasteiger charge is -2.08. The van der Waals surface area contributed by atoms with E-state index in [2.05, 4.69) is 45.1 Å². The minimum absolute atomic E-state index is 0.698. The zero-order chi connectivity index (χ0) is 17.9. The lowest BCUT2D eigenvalue weighted by molar-refractivity contribution is 0.968. The molecule has 0 fully saturated rings. The third-order valence-corrected chi connectivity index (χ3v) is 4.53. The largest absolute Gasteiger partial charge is 0.369 e. The summed E-state index contributed by atoms with van der Waals surface area (Å²) >= 11 is 6.21. The van der Waals surface area contributed by atoms with Gasteiger partial charge in [0.25, 0.3) is 0 Å². The van der Waals surface area contributed by atoms with Crippen molar-refractivity contribution in [2.75, 3.05) is 11.9 Å². The molecule has 2 aromatic heterocycles. The quantitative estimate of drug-likeness (QED) is 0.505. The summed E-state index contributed by atoms with van der Waals surface area (Å²) < 4.78 is 2.07. The van der Waals surface area contributed by atoms with Crippen molar-refractivity contribution in [1.82, 2.24) is 14.5 Å². The standard InChI is InChI=1S/C21H19ClN4/c1-2-11-23-20-19-18(15-7-4-3-5-8-15)13-26(21(19)25-14-24-20)17-10-6-9-16(22)12-17/h3-10,12-14H,2,11H2,1H3,(H,23,24,25). The average molecular weight is 363 g/mol. The molecule has 2 heterocycles. The minimum atomic E-state index is 0.698. The van der Waals surface area contributed by atoms with E-state index in [9.17, 15) is 0 Å². The Labute approximate surface area is 157 Å². The van der Waals surface area contributed by atoms with Crippen LogP contribution in [0, 0.1) is 0 Å². The van der Waals surface area contributed by atoms with Crippen LogP contribution in [0.2, 0.25) is 5.02 Å². The highest BCUT2D eigenvalue weighted by atomic mass is 35.5. The molecule has 4 rings (SSSR count). The van der Waals surface area contributed by atoms with Gasteiger partial charge in [0, 0.05) is 29.0 Å². The van der Waals surface area contributed by atoms with E-state index in [-0.39, 0.29) is 0 Å². The Morgan fingerprint density at radius 2 is 1.88 bits per heavy atom. The van der Waals surface area contributed by atoms with Gasteiger partial charge in [-0.3, -0.25) is 0 Å². The van der Waals surface area contributed by atoms with Gasteiger partial charge >= 0.3 is 0 Å². The van der Waals surface area contributed by atoms with Gasteiger partial charge < -0.3 is 9.88 Å². The summed E-state index contributed by atoms with van der Waals surface area (Å²) in [6, 6.07) is 18.1. The molecule has 1 N–H and O–H groups in total. The predicted octanol–water partition coefficient (Wildman–Crippen LogP) is 5.56. The number of nitrogens with one attached hydrogen (secondary N) is 1. The summed E-state index contributed by atoms with van der Waals surface area (Å²) in [7, 11) is 0. The zero-order valence-corrected chi connectivity index (χ0v) is 15.2. The molecule has 0 spiro atoms. The van der Waals surface area contributed by atoms with Gasteiger partial charge in [-0.1, -0.05) is 54.9 Å². The molecule has 0 atom stereocenters. The number of benzene rings is 2. The molecule has 26 heavy (non-hydrogen) atoms. The Hall–Kier alpha value is -2.85. The fourth-order valence-corrected chi connectivity index (χ4v) is 3.28. The molecule has 0 radical (unpaired) electrons. The van der Waals surface area contributed by atoms with Crippen LogP contribution in [0.1, 0.15) is 13.3 Å². The molecule has 4 aromatic rings. The van der Waals surface area contributed by atoms with Crippen molar-refractivity contribution in [2.45, 2.75) is 13.3 Å². The van der Waals surface area contributed by atoms with Crippen LogP contribution in [-0.2, 0) is 0 Å². The topological polar surface area (TPSA) is 42.7 Å². The maximum Gasteiger partial charge on any atom is 0.150 e. The number of hydrogen-bond donors (Lipinski definition) is 1. The van der Waals surface area contributed by atoms with E-state index in [1.54, 1.807) is 6.33 Å². The van der Waals surface area contributed by atoms with Crippen LogP contribution >= 0.6 is 11.6 Å². The number of halogens is 1. The highest BCUT2D eigenvalue weighted by molar-refractivity contribution is 6.30. The molecule has 130 valence electrons. The van der Waals surface area contributed by atoms with Gasteiger partial charge in [-0.25, -0.2) is 9.97 Å². The molecular weight excluding hydrogens is 344 g/mol. The molecular formula is C21H19ClN4. The molecule has 0 amide bonds. The molecule has 0 aliphatic carbocycles. The fourth-order valence-electron chi connectivity index (χ4n) is 3.10. The number of rotatable bonds is 5. The van der Waals surface area contributed by atoms with Gasteiger partial charge in [0.05, 0.1) is 5.39 Å². The second-order valence-electron chi connectivity index (χ2n) is 6.11. The van der Waals surface area contributed by atoms with Crippen LogP contribution in [-0.4, -0.2) is 21.1 Å².